The lowest BCUT2D eigenvalue weighted by molar-refractivity contribution is -0.119. The molecule has 1 rings (SSSR count). The molecule has 0 atom stereocenters. The Morgan fingerprint density at radius 1 is 1.44 bits per heavy atom. The molecule has 0 radical (unpaired) electrons. The first kappa shape index (κ1) is 5.81. The zero-order valence-corrected chi connectivity index (χ0v) is 4.68. The molecule has 0 bridgehead atoms. The van der Waals surface area contributed by atoms with E-state index in [1.165, 1.54) is 6.20 Å². The second-order valence-electron chi connectivity index (χ2n) is 1.63. The lowest BCUT2D eigenvalue weighted by atomic mass is 10.4. The molecule has 9 heavy (non-hydrogen) atoms. The average Bonchev–Trinajstić information content (AvgIpc) is 1.93. The largest absolute Gasteiger partial charge is 0.325 e. The van der Waals surface area contributed by atoms with Crippen molar-refractivity contribution in [1.29, 1.82) is 0 Å². The monoisotopic (exact) mass is 126 g/mol. The third kappa shape index (κ3) is 1.56. The summed E-state index contributed by atoms with van der Waals surface area (Å²) >= 11 is 0. The van der Waals surface area contributed by atoms with Gasteiger partial charge in [0.25, 0.3) is 0 Å². The topological polar surface area (TPSA) is 58.2 Å². The Morgan fingerprint density at radius 3 is 3.00 bits per heavy atom. The van der Waals surface area contributed by atoms with Gasteiger partial charge in [0, 0.05) is 12.6 Å². The standard InChI is InChI=1S/C5H6N2O2/c8-4-2-1-3-6-5(9)7-4/h1,3H,2H2,(H2,6,7,8,9). The van der Waals surface area contributed by atoms with E-state index in [0.717, 1.165) is 0 Å². The molecule has 48 valence electrons. The zero-order chi connectivity index (χ0) is 6.69. The molecule has 1 aliphatic heterocycles. The quantitative estimate of drug-likeness (QED) is 0.469. The van der Waals surface area contributed by atoms with Gasteiger partial charge in [-0.1, -0.05) is 6.08 Å². The number of hydrogen-bond acceptors (Lipinski definition) is 2. The van der Waals surface area contributed by atoms with E-state index in [2.05, 4.69) is 10.6 Å². The van der Waals surface area contributed by atoms with Crippen molar-refractivity contribution >= 4 is 11.9 Å². The van der Waals surface area contributed by atoms with E-state index >= 15 is 0 Å². The molecule has 0 saturated carbocycles. The second-order valence-corrected chi connectivity index (χ2v) is 1.63. The van der Waals surface area contributed by atoms with Crippen molar-refractivity contribution in [1.82, 2.24) is 10.6 Å². The van der Waals surface area contributed by atoms with Crippen LogP contribution in [0.1, 0.15) is 6.42 Å². The van der Waals surface area contributed by atoms with Crippen molar-refractivity contribution in [2.75, 3.05) is 0 Å². The Morgan fingerprint density at radius 2 is 2.22 bits per heavy atom. The predicted molar refractivity (Wildman–Crippen MR) is 30.4 cm³/mol. The molecule has 0 spiro atoms. The van der Waals surface area contributed by atoms with E-state index < -0.39 is 6.03 Å². The SMILES string of the molecule is O=C1CC=CNC(=O)N1. The van der Waals surface area contributed by atoms with E-state index in [9.17, 15) is 9.59 Å². The summed E-state index contributed by atoms with van der Waals surface area (Å²) in [5.74, 6) is -0.277. The Kier molecular flexibility index (Phi) is 1.48. The summed E-state index contributed by atoms with van der Waals surface area (Å²) in [6, 6.07) is -0.464. The molecule has 3 amide bonds. The molecule has 0 aromatic carbocycles. The van der Waals surface area contributed by atoms with Crippen LogP contribution in [-0.4, -0.2) is 11.9 Å². The first-order chi connectivity index (χ1) is 4.29. The van der Waals surface area contributed by atoms with Crippen molar-refractivity contribution in [2.24, 2.45) is 0 Å². The molecule has 4 heteroatoms. The minimum absolute atomic E-state index is 0.263. The number of hydrogen-bond donors (Lipinski definition) is 2. The molecule has 1 heterocycles. The van der Waals surface area contributed by atoms with Gasteiger partial charge in [0.15, 0.2) is 0 Å². The molecular weight excluding hydrogens is 120 g/mol. The van der Waals surface area contributed by atoms with E-state index in [0.29, 0.717) is 0 Å². The maximum absolute atomic E-state index is 10.5. The van der Waals surface area contributed by atoms with Crippen LogP contribution >= 0.6 is 0 Å². The average molecular weight is 126 g/mol. The van der Waals surface area contributed by atoms with Gasteiger partial charge in [0.05, 0.1) is 0 Å². The van der Waals surface area contributed by atoms with E-state index in [1.807, 2.05) is 0 Å². The fourth-order valence-electron chi connectivity index (χ4n) is 0.514. The Labute approximate surface area is 51.9 Å². The highest BCUT2D eigenvalue weighted by Gasteiger charge is 2.05. The Balaban J connectivity index is 2.60. The van der Waals surface area contributed by atoms with Gasteiger partial charge in [-0.3, -0.25) is 10.1 Å². The van der Waals surface area contributed by atoms with E-state index in [1.54, 1.807) is 6.08 Å². The Hall–Kier alpha value is -1.32. The number of nitrogens with one attached hydrogen (secondary N) is 2. The number of rotatable bonds is 0. The molecule has 0 aromatic rings. The first-order valence-corrected chi connectivity index (χ1v) is 2.54. The van der Waals surface area contributed by atoms with Gasteiger partial charge in [-0.2, -0.15) is 0 Å². The molecule has 0 unspecified atom stereocenters. The highest BCUT2D eigenvalue weighted by Crippen LogP contribution is 1.85. The molecule has 2 N–H and O–H groups in total. The van der Waals surface area contributed by atoms with Gasteiger partial charge in [0.1, 0.15) is 0 Å². The van der Waals surface area contributed by atoms with E-state index in [4.69, 9.17) is 0 Å². The van der Waals surface area contributed by atoms with Crippen LogP contribution in [0.3, 0.4) is 0 Å². The summed E-state index contributed by atoms with van der Waals surface area (Å²) < 4.78 is 0. The predicted octanol–water partition coefficient (Wildman–Crippen LogP) is -0.270. The van der Waals surface area contributed by atoms with Crippen LogP contribution in [0, 0.1) is 0 Å². The smallest absolute Gasteiger partial charge is 0.315 e. The summed E-state index contributed by atoms with van der Waals surface area (Å²) in [5.41, 5.74) is 0. The number of carbonyl (C=O) groups is 2. The second kappa shape index (κ2) is 2.30. The van der Waals surface area contributed by atoms with E-state index in [-0.39, 0.29) is 12.3 Å². The van der Waals surface area contributed by atoms with Crippen LogP contribution in [0.15, 0.2) is 12.3 Å². The zero-order valence-electron chi connectivity index (χ0n) is 4.68. The molecule has 0 fully saturated rings. The molecule has 0 saturated heterocycles. The Bertz CT molecular complexity index is 156. The van der Waals surface area contributed by atoms with Crippen molar-refractivity contribution in [3.8, 4) is 0 Å². The maximum Gasteiger partial charge on any atom is 0.325 e. The highest BCUT2D eigenvalue weighted by atomic mass is 16.2. The van der Waals surface area contributed by atoms with Gasteiger partial charge >= 0.3 is 6.03 Å². The van der Waals surface area contributed by atoms with Gasteiger partial charge in [0.2, 0.25) is 5.91 Å². The summed E-state index contributed by atoms with van der Waals surface area (Å²) in [6.07, 6.45) is 3.29. The van der Waals surface area contributed by atoms with Crippen LogP contribution in [-0.2, 0) is 4.79 Å². The molecule has 0 aromatic heterocycles. The minimum atomic E-state index is -0.464. The van der Waals surface area contributed by atoms with Crippen LogP contribution in [0.4, 0.5) is 4.79 Å². The van der Waals surface area contributed by atoms with Crippen LogP contribution in [0.2, 0.25) is 0 Å². The van der Waals surface area contributed by atoms with Crippen molar-refractivity contribution < 1.29 is 9.59 Å². The molecule has 1 aliphatic rings. The van der Waals surface area contributed by atoms with Gasteiger partial charge in [-0.25, -0.2) is 4.79 Å². The third-order valence-electron chi connectivity index (χ3n) is 0.888. The number of imide groups is 1. The summed E-state index contributed by atoms with van der Waals surface area (Å²) in [4.78, 5) is 20.9. The number of amides is 3. The molecule has 4 nitrogen and oxygen atoms in total. The fourth-order valence-corrected chi connectivity index (χ4v) is 0.514. The highest BCUT2D eigenvalue weighted by molar-refractivity contribution is 5.96. The molecule has 0 aliphatic carbocycles. The molecular formula is C5H6N2O2. The first-order valence-electron chi connectivity index (χ1n) is 2.54. The number of urea groups is 1. The summed E-state index contributed by atoms with van der Waals surface area (Å²) in [5, 5.41) is 4.41. The van der Waals surface area contributed by atoms with Gasteiger partial charge in [-0.05, 0) is 0 Å². The van der Waals surface area contributed by atoms with Gasteiger partial charge in [-0.15, -0.1) is 0 Å². The fraction of sp³-hybridized carbons (Fsp3) is 0.200. The lowest BCUT2D eigenvalue weighted by Crippen LogP contribution is -2.34. The van der Waals surface area contributed by atoms with Crippen LogP contribution in [0.25, 0.3) is 0 Å². The third-order valence-corrected chi connectivity index (χ3v) is 0.888. The van der Waals surface area contributed by atoms with Crippen LogP contribution < -0.4 is 10.6 Å². The number of carbonyl (C=O) groups excluding carboxylic acids is 2. The summed E-state index contributed by atoms with van der Waals surface area (Å²) in [6.45, 7) is 0. The van der Waals surface area contributed by atoms with Crippen molar-refractivity contribution in [2.45, 2.75) is 6.42 Å². The normalized spacial score (nSPS) is 18.2. The summed E-state index contributed by atoms with van der Waals surface area (Å²) in [7, 11) is 0. The van der Waals surface area contributed by atoms with Crippen LogP contribution in [0.5, 0.6) is 0 Å². The minimum Gasteiger partial charge on any atom is -0.315 e. The van der Waals surface area contributed by atoms with Gasteiger partial charge < -0.3 is 5.32 Å². The lowest BCUT2D eigenvalue weighted by Gasteiger charge is -1.94. The van der Waals surface area contributed by atoms with Crippen molar-refractivity contribution in [3.63, 3.8) is 0 Å². The maximum atomic E-state index is 10.5. The van der Waals surface area contributed by atoms with Crippen molar-refractivity contribution in [3.05, 3.63) is 12.3 Å².